The van der Waals surface area contributed by atoms with Crippen LogP contribution >= 0.6 is 0 Å². The number of alkyl halides is 3. The van der Waals surface area contributed by atoms with Crippen LogP contribution in [0.15, 0.2) is 47.0 Å². The average Bonchev–Trinajstić information content (AvgIpc) is 3.46. The third-order valence-corrected chi connectivity index (χ3v) is 5.51. The Balaban J connectivity index is 1.31. The fourth-order valence-electron chi connectivity index (χ4n) is 3.84. The van der Waals surface area contributed by atoms with Gasteiger partial charge in [-0.3, -0.25) is 4.90 Å². The van der Waals surface area contributed by atoms with Gasteiger partial charge in [0.2, 0.25) is 0 Å². The summed E-state index contributed by atoms with van der Waals surface area (Å²) in [5.74, 6) is 2.40. The van der Waals surface area contributed by atoms with Gasteiger partial charge in [-0.05, 0) is 31.0 Å². The van der Waals surface area contributed by atoms with Crippen molar-refractivity contribution in [3.05, 3.63) is 71.0 Å². The van der Waals surface area contributed by atoms with E-state index in [-0.39, 0.29) is 11.3 Å². The molecule has 7 heteroatoms. The zero-order valence-corrected chi connectivity index (χ0v) is 15.7. The first-order chi connectivity index (χ1) is 14.0. The van der Waals surface area contributed by atoms with E-state index < -0.39 is 11.7 Å². The molecule has 0 spiro atoms. The average molecular weight is 399 g/mol. The fraction of sp³-hybridized carbons (Fsp3) is 0.364. The summed E-state index contributed by atoms with van der Waals surface area (Å²) in [6, 6.07) is 8.86. The number of hydrogen-bond acceptors (Lipinski definition) is 4. The molecule has 3 heterocycles. The lowest BCUT2D eigenvalue weighted by molar-refractivity contribution is -0.137. The molecule has 1 saturated carbocycles. The lowest BCUT2D eigenvalue weighted by Gasteiger charge is -2.27. The van der Waals surface area contributed by atoms with Crippen molar-refractivity contribution in [3.8, 4) is 11.3 Å². The van der Waals surface area contributed by atoms with Gasteiger partial charge in [-0.1, -0.05) is 18.2 Å². The van der Waals surface area contributed by atoms with Gasteiger partial charge in [-0.25, -0.2) is 9.97 Å². The summed E-state index contributed by atoms with van der Waals surface area (Å²) >= 11 is 0. The summed E-state index contributed by atoms with van der Waals surface area (Å²) in [5.41, 5.74) is 1.62. The molecule has 0 N–H and O–H groups in total. The first kappa shape index (κ1) is 18.4. The van der Waals surface area contributed by atoms with Crippen LogP contribution in [0.5, 0.6) is 0 Å². The molecule has 2 aliphatic rings. The van der Waals surface area contributed by atoms with Gasteiger partial charge in [0.25, 0.3) is 0 Å². The molecule has 2 aromatic heterocycles. The number of halogens is 3. The van der Waals surface area contributed by atoms with Gasteiger partial charge in [0, 0.05) is 48.4 Å². The molecule has 0 amide bonds. The molecule has 150 valence electrons. The molecule has 4 nitrogen and oxygen atoms in total. The van der Waals surface area contributed by atoms with Crippen LogP contribution in [0.1, 0.15) is 47.2 Å². The minimum Gasteiger partial charge on any atom is -0.460 e. The smallest absolute Gasteiger partial charge is 0.417 e. The van der Waals surface area contributed by atoms with Crippen molar-refractivity contribution in [1.82, 2.24) is 14.9 Å². The van der Waals surface area contributed by atoms with Crippen LogP contribution in [0.2, 0.25) is 0 Å². The van der Waals surface area contributed by atoms with E-state index in [0.717, 1.165) is 42.7 Å². The molecule has 3 aromatic rings. The molecule has 1 fully saturated rings. The van der Waals surface area contributed by atoms with E-state index in [1.807, 2.05) is 6.20 Å². The van der Waals surface area contributed by atoms with Crippen LogP contribution in [-0.4, -0.2) is 21.4 Å². The molecule has 0 radical (unpaired) electrons. The second-order valence-corrected chi connectivity index (χ2v) is 7.74. The molecule has 5 rings (SSSR count). The summed E-state index contributed by atoms with van der Waals surface area (Å²) in [7, 11) is 0. The number of hydrogen-bond donors (Lipinski definition) is 0. The zero-order valence-electron chi connectivity index (χ0n) is 15.7. The zero-order chi connectivity index (χ0) is 20.0. The monoisotopic (exact) mass is 399 g/mol. The number of furan rings is 1. The highest BCUT2D eigenvalue weighted by molar-refractivity contribution is 5.63. The van der Waals surface area contributed by atoms with Gasteiger partial charge in [0.1, 0.15) is 17.3 Å². The van der Waals surface area contributed by atoms with Gasteiger partial charge in [0.15, 0.2) is 0 Å². The van der Waals surface area contributed by atoms with Gasteiger partial charge >= 0.3 is 6.18 Å². The van der Waals surface area contributed by atoms with E-state index in [9.17, 15) is 13.2 Å². The maximum Gasteiger partial charge on any atom is 0.417 e. The largest absolute Gasteiger partial charge is 0.460 e. The molecule has 1 aliphatic heterocycles. The van der Waals surface area contributed by atoms with Gasteiger partial charge in [-0.15, -0.1) is 0 Å². The van der Waals surface area contributed by atoms with E-state index in [0.29, 0.717) is 18.2 Å². The van der Waals surface area contributed by atoms with Gasteiger partial charge in [-0.2, -0.15) is 13.2 Å². The quantitative estimate of drug-likeness (QED) is 0.605. The van der Waals surface area contributed by atoms with Crippen LogP contribution in [0, 0.1) is 0 Å². The first-order valence-electron chi connectivity index (χ1n) is 9.80. The minimum absolute atomic E-state index is 0.0660. The van der Waals surface area contributed by atoms with Crippen molar-refractivity contribution < 1.29 is 17.6 Å². The van der Waals surface area contributed by atoms with Gasteiger partial charge in [0.05, 0.1) is 12.1 Å². The predicted molar refractivity (Wildman–Crippen MR) is 101 cm³/mol. The molecule has 29 heavy (non-hydrogen) atoms. The molecular formula is C22H20F3N3O. The summed E-state index contributed by atoms with van der Waals surface area (Å²) in [4.78, 5) is 11.4. The number of nitrogens with zero attached hydrogens (tertiary/aromatic N) is 3. The van der Waals surface area contributed by atoms with Crippen molar-refractivity contribution in [1.29, 1.82) is 0 Å². The number of fused-ring (bicyclic) bond motifs is 1. The lowest BCUT2D eigenvalue weighted by Crippen LogP contribution is -2.31. The summed E-state index contributed by atoms with van der Waals surface area (Å²) in [6.45, 7) is 2.09. The molecular weight excluding hydrogens is 379 g/mol. The number of rotatable bonds is 4. The normalized spacial score (nSPS) is 17.3. The van der Waals surface area contributed by atoms with Crippen LogP contribution in [0.4, 0.5) is 13.2 Å². The summed E-state index contributed by atoms with van der Waals surface area (Å²) in [5, 5.41) is 0. The highest BCUT2D eigenvalue weighted by Crippen LogP contribution is 2.39. The lowest BCUT2D eigenvalue weighted by atomic mass is 10.1. The van der Waals surface area contributed by atoms with Crippen LogP contribution in [-0.2, 0) is 25.7 Å². The molecule has 0 atom stereocenters. The summed E-state index contributed by atoms with van der Waals surface area (Å²) in [6.07, 6.45) is 0.725. The second kappa shape index (κ2) is 6.99. The maximum atomic E-state index is 13.3. The van der Waals surface area contributed by atoms with Gasteiger partial charge < -0.3 is 4.42 Å². The Bertz CT molecular complexity index is 1040. The van der Waals surface area contributed by atoms with Crippen molar-refractivity contribution >= 4 is 0 Å². The SMILES string of the molecule is FC(F)(F)c1ccccc1-c1ccc(CN2CCc3nc(C4CC4)ncc3C2)o1. The maximum absolute atomic E-state index is 13.3. The Kier molecular flexibility index (Phi) is 4.42. The molecule has 1 aromatic carbocycles. The molecule has 0 saturated heterocycles. The van der Waals surface area contributed by atoms with E-state index in [1.165, 1.54) is 25.0 Å². The van der Waals surface area contributed by atoms with E-state index in [4.69, 9.17) is 9.40 Å². The van der Waals surface area contributed by atoms with Crippen molar-refractivity contribution in [2.45, 2.75) is 44.4 Å². The minimum atomic E-state index is -4.42. The Morgan fingerprint density at radius 3 is 2.72 bits per heavy atom. The highest BCUT2D eigenvalue weighted by Gasteiger charge is 2.34. The Hall–Kier alpha value is -2.67. The Morgan fingerprint density at radius 1 is 1.10 bits per heavy atom. The summed E-state index contributed by atoms with van der Waals surface area (Å²) < 4.78 is 45.6. The number of aromatic nitrogens is 2. The van der Waals surface area contributed by atoms with Crippen LogP contribution in [0.3, 0.4) is 0 Å². The molecule has 0 bridgehead atoms. The second-order valence-electron chi connectivity index (χ2n) is 7.74. The third kappa shape index (κ3) is 3.79. The third-order valence-electron chi connectivity index (χ3n) is 5.51. The Labute approximate surface area is 166 Å². The number of benzene rings is 1. The van der Waals surface area contributed by atoms with Crippen molar-refractivity contribution in [2.75, 3.05) is 6.54 Å². The van der Waals surface area contributed by atoms with E-state index in [2.05, 4.69) is 9.88 Å². The highest BCUT2D eigenvalue weighted by atomic mass is 19.4. The van der Waals surface area contributed by atoms with Crippen molar-refractivity contribution in [2.24, 2.45) is 0 Å². The Morgan fingerprint density at radius 2 is 1.93 bits per heavy atom. The fourth-order valence-corrected chi connectivity index (χ4v) is 3.84. The van der Waals surface area contributed by atoms with E-state index in [1.54, 1.807) is 18.2 Å². The standard InChI is InChI=1S/C22H20F3N3O/c23-22(24,25)18-4-2-1-3-17(18)20-8-7-16(29-20)13-28-10-9-19-15(12-28)11-26-21(27-19)14-5-6-14/h1-4,7-8,11,14H,5-6,9-10,12-13H2. The first-order valence-corrected chi connectivity index (χ1v) is 9.80. The van der Waals surface area contributed by atoms with Crippen LogP contribution < -0.4 is 0 Å². The topological polar surface area (TPSA) is 42.2 Å². The molecule has 0 unspecified atom stereocenters. The predicted octanol–water partition coefficient (Wildman–Crippen LogP) is 5.19. The molecule has 1 aliphatic carbocycles. The van der Waals surface area contributed by atoms with Crippen LogP contribution in [0.25, 0.3) is 11.3 Å². The van der Waals surface area contributed by atoms with E-state index >= 15 is 0 Å². The van der Waals surface area contributed by atoms with Crippen molar-refractivity contribution in [3.63, 3.8) is 0 Å².